The third-order valence-electron chi connectivity index (χ3n) is 6.76. The van der Waals surface area contributed by atoms with E-state index in [1.165, 1.54) is 12.1 Å². The largest absolute Gasteiger partial charge is 0.508 e. The highest BCUT2D eigenvalue weighted by Gasteiger charge is 2.40. The summed E-state index contributed by atoms with van der Waals surface area (Å²) in [5, 5.41) is 26.0. The zero-order valence-electron chi connectivity index (χ0n) is 27.4. The molecule has 4 unspecified atom stereocenters. The summed E-state index contributed by atoms with van der Waals surface area (Å²) in [6.45, 7) is 13.2. The molecule has 2 rings (SSSR count). The lowest BCUT2D eigenvalue weighted by Crippen LogP contribution is -2.56. The Hall–Kier alpha value is -4.59. The lowest BCUT2D eigenvalue weighted by atomic mass is 9.95. The van der Waals surface area contributed by atoms with Gasteiger partial charge in [-0.1, -0.05) is 68.8 Å². The number of amides is 3. The number of esters is 1. The molecule has 0 aliphatic heterocycles. The van der Waals surface area contributed by atoms with Gasteiger partial charge < -0.3 is 30.1 Å². The van der Waals surface area contributed by atoms with E-state index >= 15 is 0 Å². The molecule has 11 heteroatoms. The Kier molecular flexibility index (Phi) is 13.0. The molecule has 2 aromatic carbocycles. The molecule has 2 aromatic rings. The van der Waals surface area contributed by atoms with Gasteiger partial charge in [-0.15, -0.1) is 0 Å². The summed E-state index contributed by atoms with van der Waals surface area (Å²) in [6, 6.07) is 13.0. The van der Waals surface area contributed by atoms with Crippen molar-refractivity contribution in [3.63, 3.8) is 0 Å². The number of ether oxygens (including phenoxy) is 2. The van der Waals surface area contributed by atoms with Crippen molar-refractivity contribution >= 4 is 23.9 Å². The second-order valence-corrected chi connectivity index (χ2v) is 12.9. The van der Waals surface area contributed by atoms with E-state index in [0.717, 1.165) is 10.5 Å². The number of benzene rings is 2. The van der Waals surface area contributed by atoms with Gasteiger partial charge in [0.1, 0.15) is 41.6 Å². The van der Waals surface area contributed by atoms with Gasteiger partial charge in [-0.05, 0) is 59.1 Å². The smallest absolute Gasteiger partial charge is 0.408 e. The highest BCUT2D eigenvalue weighted by atomic mass is 16.6. The number of hydrogen-bond donors (Lipinski definition) is 3. The molecule has 0 spiro atoms. The lowest BCUT2D eigenvalue weighted by Gasteiger charge is -2.35. The zero-order chi connectivity index (χ0) is 33.9. The van der Waals surface area contributed by atoms with Gasteiger partial charge in [-0.25, -0.2) is 9.59 Å². The normalized spacial score (nSPS) is 14.1. The standard InChI is InChI=1S/C34H46N4O7/c1-9-22(2)27(37-32(43)45-34(6,7)8)30(41)38(20-19-35)28(24-17-13-14-18-26(24)39)29(40)36-25(31(42)44-33(3,4)5)21-23-15-11-10-12-16-23/h10-18,22,25,27-28,39H,9,20-21H2,1-8H3,(H,36,40)(H,37,43). The fraction of sp³-hybridized carbons (Fsp3) is 0.500. The first kappa shape index (κ1) is 36.6. The number of nitriles is 1. The first-order valence-corrected chi connectivity index (χ1v) is 15.0. The molecule has 0 saturated heterocycles. The molecule has 0 aromatic heterocycles. The maximum absolute atomic E-state index is 14.2. The van der Waals surface area contributed by atoms with E-state index in [4.69, 9.17) is 9.47 Å². The van der Waals surface area contributed by atoms with E-state index in [0.29, 0.717) is 6.42 Å². The number of carbonyl (C=O) groups is 4. The summed E-state index contributed by atoms with van der Waals surface area (Å²) in [4.78, 5) is 55.5. The highest BCUT2D eigenvalue weighted by molar-refractivity contribution is 5.94. The summed E-state index contributed by atoms with van der Waals surface area (Å²) in [5.74, 6) is -2.99. The second-order valence-electron chi connectivity index (χ2n) is 12.9. The Morgan fingerprint density at radius 2 is 1.49 bits per heavy atom. The van der Waals surface area contributed by atoms with E-state index in [1.54, 1.807) is 84.9 Å². The first-order chi connectivity index (χ1) is 21.0. The Balaban J connectivity index is 2.61. The number of para-hydroxylation sites is 1. The SMILES string of the molecule is CCC(C)C(NC(=O)OC(C)(C)C)C(=O)N(CC#N)C(C(=O)NC(Cc1ccccc1)C(=O)OC(C)(C)C)c1ccccc1O. The number of carbonyl (C=O) groups excluding carboxylic acids is 4. The Bertz CT molecular complexity index is 1360. The van der Waals surface area contributed by atoms with Crippen LogP contribution in [0.25, 0.3) is 0 Å². The average molecular weight is 623 g/mol. The van der Waals surface area contributed by atoms with E-state index in [2.05, 4.69) is 10.6 Å². The molecular weight excluding hydrogens is 576 g/mol. The molecule has 45 heavy (non-hydrogen) atoms. The quantitative estimate of drug-likeness (QED) is 0.225. The molecule has 0 fully saturated rings. The molecule has 3 amide bonds. The summed E-state index contributed by atoms with van der Waals surface area (Å²) in [5.41, 5.74) is -0.918. The second kappa shape index (κ2) is 15.9. The van der Waals surface area contributed by atoms with Crippen molar-refractivity contribution in [1.29, 1.82) is 5.26 Å². The molecular formula is C34H46N4O7. The minimum atomic E-state index is -1.55. The van der Waals surface area contributed by atoms with Gasteiger partial charge in [0.05, 0.1) is 6.07 Å². The molecule has 0 aliphatic rings. The van der Waals surface area contributed by atoms with Crippen LogP contribution < -0.4 is 10.6 Å². The number of phenols is 1. The fourth-order valence-electron chi connectivity index (χ4n) is 4.50. The Labute approximate surface area is 265 Å². The maximum Gasteiger partial charge on any atom is 0.408 e. The van der Waals surface area contributed by atoms with E-state index in [1.807, 2.05) is 19.1 Å². The molecule has 244 valence electrons. The Morgan fingerprint density at radius 1 is 0.911 bits per heavy atom. The van der Waals surface area contributed by atoms with Gasteiger partial charge in [0.2, 0.25) is 11.8 Å². The predicted octanol–water partition coefficient (Wildman–Crippen LogP) is 4.79. The van der Waals surface area contributed by atoms with Gasteiger partial charge in [0, 0.05) is 12.0 Å². The van der Waals surface area contributed by atoms with Crippen LogP contribution in [0.2, 0.25) is 0 Å². The van der Waals surface area contributed by atoms with E-state index < -0.39 is 65.7 Å². The molecule has 0 saturated carbocycles. The molecule has 0 aliphatic carbocycles. The monoisotopic (exact) mass is 622 g/mol. The average Bonchev–Trinajstić information content (AvgIpc) is 2.94. The first-order valence-electron chi connectivity index (χ1n) is 15.0. The van der Waals surface area contributed by atoms with Crippen LogP contribution in [-0.2, 0) is 30.3 Å². The molecule has 3 N–H and O–H groups in total. The molecule has 11 nitrogen and oxygen atoms in total. The van der Waals surface area contributed by atoms with Gasteiger partial charge in [-0.2, -0.15) is 5.26 Å². The third-order valence-corrected chi connectivity index (χ3v) is 6.76. The van der Waals surface area contributed by atoms with Crippen LogP contribution in [-0.4, -0.2) is 63.7 Å². The number of phenolic OH excluding ortho intramolecular Hbond substituents is 1. The number of alkyl carbamates (subject to hydrolysis) is 1. The van der Waals surface area contributed by atoms with Crippen molar-refractivity contribution in [1.82, 2.24) is 15.5 Å². The topological polar surface area (TPSA) is 158 Å². The Morgan fingerprint density at radius 3 is 2.02 bits per heavy atom. The van der Waals surface area contributed by atoms with Crippen LogP contribution in [0.4, 0.5) is 4.79 Å². The van der Waals surface area contributed by atoms with Gasteiger partial charge in [0.25, 0.3) is 0 Å². The van der Waals surface area contributed by atoms with Gasteiger partial charge in [0.15, 0.2) is 0 Å². The van der Waals surface area contributed by atoms with E-state index in [9.17, 15) is 29.5 Å². The number of aromatic hydroxyl groups is 1. The summed E-state index contributed by atoms with van der Waals surface area (Å²) < 4.78 is 11.0. The van der Waals surface area contributed by atoms with Crippen LogP contribution in [0, 0.1) is 17.2 Å². The van der Waals surface area contributed by atoms with Crippen molar-refractivity contribution in [2.75, 3.05) is 6.54 Å². The number of nitrogens with one attached hydrogen (secondary N) is 2. The van der Waals surface area contributed by atoms with Crippen LogP contribution in [0.1, 0.15) is 79.0 Å². The maximum atomic E-state index is 14.2. The van der Waals surface area contributed by atoms with Crippen molar-refractivity contribution in [2.24, 2.45) is 5.92 Å². The van der Waals surface area contributed by atoms with Crippen LogP contribution in [0.3, 0.4) is 0 Å². The van der Waals surface area contributed by atoms with Crippen LogP contribution >= 0.6 is 0 Å². The zero-order valence-corrected chi connectivity index (χ0v) is 27.4. The lowest BCUT2D eigenvalue weighted by molar-refractivity contribution is -0.159. The molecule has 0 bridgehead atoms. The number of rotatable bonds is 12. The van der Waals surface area contributed by atoms with Gasteiger partial charge in [-0.3, -0.25) is 9.59 Å². The predicted molar refractivity (Wildman–Crippen MR) is 169 cm³/mol. The molecule has 0 radical (unpaired) electrons. The fourth-order valence-corrected chi connectivity index (χ4v) is 4.50. The van der Waals surface area contributed by atoms with Crippen LogP contribution in [0.15, 0.2) is 54.6 Å². The minimum absolute atomic E-state index is 0.0291. The van der Waals surface area contributed by atoms with Crippen molar-refractivity contribution < 1.29 is 33.8 Å². The van der Waals surface area contributed by atoms with Gasteiger partial charge >= 0.3 is 12.1 Å². The van der Waals surface area contributed by atoms with Crippen molar-refractivity contribution in [3.8, 4) is 11.8 Å². The van der Waals surface area contributed by atoms with E-state index in [-0.39, 0.29) is 17.7 Å². The molecule has 4 atom stereocenters. The highest BCUT2D eigenvalue weighted by Crippen LogP contribution is 2.31. The summed E-state index contributed by atoms with van der Waals surface area (Å²) in [6.07, 6.45) is -0.288. The summed E-state index contributed by atoms with van der Waals surface area (Å²) >= 11 is 0. The number of nitrogens with zero attached hydrogens (tertiary/aromatic N) is 2. The third kappa shape index (κ3) is 11.4. The molecule has 0 heterocycles. The number of hydrogen-bond acceptors (Lipinski definition) is 8. The van der Waals surface area contributed by atoms with Crippen LogP contribution in [0.5, 0.6) is 5.75 Å². The minimum Gasteiger partial charge on any atom is -0.508 e. The summed E-state index contributed by atoms with van der Waals surface area (Å²) in [7, 11) is 0. The van der Waals surface area contributed by atoms with Crippen molar-refractivity contribution in [2.45, 2.75) is 97.6 Å². The van der Waals surface area contributed by atoms with Crippen molar-refractivity contribution in [3.05, 3.63) is 65.7 Å².